The first kappa shape index (κ1) is 18.5. The molecule has 0 N–H and O–H groups in total. The summed E-state index contributed by atoms with van der Waals surface area (Å²) >= 11 is 0. The van der Waals surface area contributed by atoms with E-state index in [2.05, 4.69) is 0 Å². The summed E-state index contributed by atoms with van der Waals surface area (Å²) in [6.45, 7) is 0. The third kappa shape index (κ3) is 2.57. The second-order valence-electron chi connectivity index (χ2n) is 4.31. The first-order valence-corrected chi connectivity index (χ1v) is 5.83. The molecule has 0 aliphatic rings. The van der Waals surface area contributed by atoms with Crippen molar-refractivity contribution in [2.75, 3.05) is 4.90 Å². The third-order valence-corrected chi connectivity index (χ3v) is 2.96. The van der Waals surface area contributed by atoms with Gasteiger partial charge < -0.3 is 0 Å². The van der Waals surface area contributed by atoms with Crippen LogP contribution in [0.4, 0.5) is 55.3 Å². The molecule has 0 aliphatic carbocycles. The van der Waals surface area contributed by atoms with E-state index in [-0.39, 0.29) is 0 Å². The molecule has 0 atom stereocenters. The first-order valence-electron chi connectivity index (χ1n) is 5.83. The van der Waals surface area contributed by atoms with Crippen LogP contribution in [-0.2, 0) is 4.79 Å². The van der Waals surface area contributed by atoms with Crippen molar-refractivity contribution in [2.45, 2.75) is 0 Å². The number of anilines is 2. The van der Waals surface area contributed by atoms with Crippen LogP contribution in [0, 0.1) is 58.2 Å². The Labute approximate surface area is 130 Å². The Morgan fingerprint density at radius 2 is 0.640 bits per heavy atom. The Bertz CT molecular complexity index is 770. The molecule has 2 aromatic carbocycles. The molecule has 0 fully saturated rings. The lowest BCUT2D eigenvalue weighted by Gasteiger charge is -2.21. The summed E-state index contributed by atoms with van der Waals surface area (Å²) < 4.78 is 133. The van der Waals surface area contributed by atoms with Crippen LogP contribution in [0.5, 0.6) is 0 Å². The van der Waals surface area contributed by atoms with Gasteiger partial charge in [0.25, 0.3) is 0 Å². The number of benzene rings is 2. The molecule has 2 aromatic rings. The molecule has 25 heavy (non-hydrogen) atoms. The number of halogens is 10. The van der Waals surface area contributed by atoms with Gasteiger partial charge in [-0.05, 0) is 0 Å². The summed E-state index contributed by atoms with van der Waals surface area (Å²) in [5, 5.41) is 0. The molecular weight excluding hydrogens is 376 g/mol. The molecule has 0 radical (unpaired) electrons. The van der Waals surface area contributed by atoms with E-state index < -0.39 is 80.9 Å². The van der Waals surface area contributed by atoms with Gasteiger partial charge in [0.1, 0.15) is 11.4 Å². The van der Waals surface area contributed by atoms with Gasteiger partial charge in [0.15, 0.2) is 46.5 Å². The van der Waals surface area contributed by atoms with Crippen molar-refractivity contribution in [3.05, 3.63) is 58.2 Å². The molecule has 134 valence electrons. The second kappa shape index (κ2) is 6.26. The molecule has 0 saturated carbocycles. The Hall–Kier alpha value is -2.79. The number of rotatable bonds is 3. The van der Waals surface area contributed by atoms with E-state index in [1.54, 1.807) is 0 Å². The van der Waals surface area contributed by atoms with Crippen LogP contribution in [-0.4, -0.2) is 6.41 Å². The van der Waals surface area contributed by atoms with Gasteiger partial charge in [0.05, 0.1) is 0 Å². The molecule has 0 aromatic heterocycles. The zero-order chi connectivity index (χ0) is 19.2. The van der Waals surface area contributed by atoms with Crippen molar-refractivity contribution in [3.8, 4) is 0 Å². The lowest BCUT2D eigenvalue weighted by molar-refractivity contribution is -0.107. The number of amides is 1. The van der Waals surface area contributed by atoms with Gasteiger partial charge in [0, 0.05) is 0 Å². The van der Waals surface area contributed by atoms with Crippen LogP contribution in [0.1, 0.15) is 0 Å². The van der Waals surface area contributed by atoms with Gasteiger partial charge >= 0.3 is 0 Å². The maximum Gasteiger partial charge on any atom is 0.219 e. The summed E-state index contributed by atoms with van der Waals surface area (Å²) in [6, 6.07) is 0. The molecule has 0 unspecified atom stereocenters. The van der Waals surface area contributed by atoms with E-state index in [4.69, 9.17) is 0 Å². The maximum absolute atomic E-state index is 13.6. The fourth-order valence-electron chi connectivity index (χ4n) is 1.83. The van der Waals surface area contributed by atoms with Crippen LogP contribution in [0.3, 0.4) is 0 Å². The third-order valence-electron chi connectivity index (χ3n) is 2.96. The molecule has 0 aliphatic heterocycles. The zero-order valence-corrected chi connectivity index (χ0v) is 11.2. The zero-order valence-electron chi connectivity index (χ0n) is 11.2. The van der Waals surface area contributed by atoms with E-state index in [9.17, 15) is 48.7 Å². The Morgan fingerprint density at radius 3 is 0.840 bits per heavy atom. The standard InChI is InChI=1S/C13HF10NO/c14-2-4(16)8(20)12(9(21)5(2)17)24(1-25)13-10(22)6(18)3(15)7(19)11(13)23/h1H. The van der Waals surface area contributed by atoms with Crippen LogP contribution in [0.15, 0.2) is 0 Å². The SMILES string of the molecule is O=CN(c1c(F)c(F)c(F)c(F)c1F)c1c(F)c(F)c(F)c(F)c1F. The molecule has 1 amide bonds. The topological polar surface area (TPSA) is 20.3 Å². The van der Waals surface area contributed by atoms with Gasteiger partial charge in [-0.3, -0.25) is 9.69 Å². The van der Waals surface area contributed by atoms with Gasteiger partial charge in [-0.1, -0.05) is 0 Å². The van der Waals surface area contributed by atoms with Gasteiger partial charge in [-0.2, -0.15) is 0 Å². The quantitative estimate of drug-likeness (QED) is 0.337. The molecule has 12 heteroatoms. The normalized spacial score (nSPS) is 11.0. The predicted octanol–water partition coefficient (Wildman–Crippen LogP) is 4.37. The van der Waals surface area contributed by atoms with Crippen molar-refractivity contribution in [3.63, 3.8) is 0 Å². The summed E-state index contributed by atoms with van der Waals surface area (Å²) in [5.41, 5.74) is -4.45. The average Bonchev–Trinajstić information content (AvgIpc) is 2.60. The van der Waals surface area contributed by atoms with Crippen LogP contribution >= 0.6 is 0 Å². The number of hydrogen-bond donors (Lipinski definition) is 0. The Morgan fingerprint density at radius 1 is 0.440 bits per heavy atom. The predicted molar refractivity (Wildman–Crippen MR) is 60.7 cm³/mol. The van der Waals surface area contributed by atoms with Crippen LogP contribution < -0.4 is 4.90 Å². The van der Waals surface area contributed by atoms with Crippen LogP contribution in [0.2, 0.25) is 0 Å². The molecular formula is C13HF10NO. The smallest absolute Gasteiger partial charge is 0.219 e. The van der Waals surface area contributed by atoms with E-state index in [0.717, 1.165) is 0 Å². The average molecular weight is 377 g/mol. The minimum atomic E-state index is -2.69. The number of hydrogen-bond acceptors (Lipinski definition) is 1. The minimum absolute atomic E-state index is 0.892. The van der Waals surface area contributed by atoms with E-state index in [1.807, 2.05) is 0 Å². The van der Waals surface area contributed by atoms with Crippen molar-refractivity contribution in [1.29, 1.82) is 0 Å². The fraction of sp³-hybridized carbons (Fsp3) is 0. The van der Waals surface area contributed by atoms with Crippen molar-refractivity contribution >= 4 is 17.8 Å². The van der Waals surface area contributed by atoms with E-state index in [1.165, 1.54) is 0 Å². The van der Waals surface area contributed by atoms with Crippen LogP contribution in [0.25, 0.3) is 0 Å². The first-order chi connectivity index (χ1) is 11.6. The molecule has 0 spiro atoms. The molecule has 2 rings (SSSR count). The van der Waals surface area contributed by atoms with Crippen molar-refractivity contribution < 1.29 is 48.7 Å². The molecule has 2 nitrogen and oxygen atoms in total. The highest BCUT2D eigenvalue weighted by Crippen LogP contribution is 2.38. The van der Waals surface area contributed by atoms with Gasteiger partial charge in [0.2, 0.25) is 18.0 Å². The Kier molecular flexibility index (Phi) is 4.64. The highest BCUT2D eigenvalue weighted by molar-refractivity contribution is 5.87. The van der Waals surface area contributed by atoms with E-state index in [0.29, 0.717) is 0 Å². The largest absolute Gasteiger partial charge is 0.278 e. The summed E-state index contributed by atoms with van der Waals surface area (Å²) in [6.07, 6.45) is -0.892. The van der Waals surface area contributed by atoms with E-state index >= 15 is 0 Å². The molecule has 0 heterocycles. The van der Waals surface area contributed by atoms with Gasteiger partial charge in [-0.15, -0.1) is 0 Å². The van der Waals surface area contributed by atoms with Crippen molar-refractivity contribution in [2.24, 2.45) is 0 Å². The number of carbonyl (C=O) groups is 1. The summed E-state index contributed by atoms with van der Waals surface area (Å²) in [7, 11) is 0. The van der Waals surface area contributed by atoms with Crippen molar-refractivity contribution in [1.82, 2.24) is 0 Å². The van der Waals surface area contributed by atoms with Gasteiger partial charge in [-0.25, -0.2) is 43.9 Å². The highest BCUT2D eigenvalue weighted by Gasteiger charge is 2.35. The second-order valence-corrected chi connectivity index (χ2v) is 4.31. The lowest BCUT2D eigenvalue weighted by Crippen LogP contribution is -2.24. The Balaban J connectivity index is 2.92. The number of nitrogens with zero attached hydrogens (tertiary/aromatic N) is 1. The summed E-state index contributed by atoms with van der Waals surface area (Å²) in [5.74, 6) is -26.7. The lowest BCUT2D eigenvalue weighted by atomic mass is 10.2. The molecule has 0 bridgehead atoms. The molecule has 0 saturated heterocycles. The summed E-state index contributed by atoms with van der Waals surface area (Å²) in [4.78, 5) is 9.99. The highest BCUT2D eigenvalue weighted by atomic mass is 19.2. The minimum Gasteiger partial charge on any atom is -0.278 e. The number of carbonyl (C=O) groups excluding carboxylic acids is 1. The fourth-order valence-corrected chi connectivity index (χ4v) is 1.83. The maximum atomic E-state index is 13.6. The monoisotopic (exact) mass is 377 g/mol.